The van der Waals surface area contributed by atoms with Crippen LogP contribution in [0, 0.1) is 0 Å². The zero-order valence-corrected chi connectivity index (χ0v) is 12.6. The smallest absolute Gasteiger partial charge is 0.265 e. The summed E-state index contributed by atoms with van der Waals surface area (Å²) in [5, 5.41) is 1.75. The first kappa shape index (κ1) is 13.5. The molecule has 0 aliphatic carbocycles. The van der Waals surface area contributed by atoms with Gasteiger partial charge in [-0.1, -0.05) is 6.92 Å². The molecule has 1 aromatic rings. The van der Waals surface area contributed by atoms with E-state index in [9.17, 15) is 4.79 Å². The molecule has 0 bridgehead atoms. The topological polar surface area (TPSA) is 49.6 Å². The average Bonchev–Trinajstić information content (AvgIpc) is 2.70. The van der Waals surface area contributed by atoms with Crippen molar-refractivity contribution in [2.24, 2.45) is 0 Å². The predicted molar refractivity (Wildman–Crippen MR) is 80.9 cm³/mol. The van der Waals surface area contributed by atoms with Crippen molar-refractivity contribution in [3.8, 4) is 0 Å². The Bertz CT molecular complexity index is 445. The summed E-state index contributed by atoms with van der Waals surface area (Å²) in [7, 11) is 3.50. The molecule has 0 spiro atoms. The molecule has 4 nitrogen and oxygen atoms in total. The zero-order valence-electron chi connectivity index (χ0n) is 11.0. The fraction of sp³-hybridized carbons (Fsp3) is 0.583. The number of hydrogen-bond donors (Lipinski definition) is 1. The van der Waals surface area contributed by atoms with Crippen LogP contribution in [0.5, 0.6) is 0 Å². The van der Waals surface area contributed by atoms with E-state index in [4.69, 9.17) is 5.73 Å². The molecule has 1 aromatic heterocycles. The number of anilines is 2. The van der Waals surface area contributed by atoms with Gasteiger partial charge in [-0.2, -0.15) is 11.8 Å². The van der Waals surface area contributed by atoms with E-state index in [0.29, 0.717) is 15.8 Å². The van der Waals surface area contributed by atoms with Crippen LogP contribution in [-0.4, -0.2) is 49.0 Å². The molecule has 0 radical (unpaired) electrons. The monoisotopic (exact) mass is 285 g/mol. The number of nitrogen functional groups attached to an aromatic ring is 1. The Morgan fingerprint density at radius 2 is 2.28 bits per heavy atom. The number of carbonyl (C=O) groups excluding carboxylic acids is 1. The first-order valence-corrected chi connectivity index (χ1v) is 7.83. The molecule has 2 rings (SSSR count). The fourth-order valence-corrected chi connectivity index (χ4v) is 4.09. The number of rotatable bonds is 2. The second-order valence-corrected chi connectivity index (χ2v) is 7.27. The lowest BCUT2D eigenvalue weighted by atomic mass is 10.3. The lowest BCUT2D eigenvalue weighted by Gasteiger charge is -2.31. The van der Waals surface area contributed by atoms with Gasteiger partial charge in [0, 0.05) is 38.2 Å². The molecule has 1 saturated heterocycles. The van der Waals surface area contributed by atoms with Crippen molar-refractivity contribution >= 4 is 39.7 Å². The van der Waals surface area contributed by atoms with E-state index in [0.717, 1.165) is 23.8 Å². The molecule has 18 heavy (non-hydrogen) atoms. The average molecular weight is 285 g/mol. The molecule has 2 N–H and O–H groups in total. The summed E-state index contributed by atoms with van der Waals surface area (Å²) >= 11 is 3.50. The van der Waals surface area contributed by atoms with Gasteiger partial charge >= 0.3 is 0 Å². The van der Waals surface area contributed by atoms with Gasteiger partial charge in [-0.3, -0.25) is 4.79 Å². The van der Waals surface area contributed by atoms with Crippen molar-refractivity contribution in [1.29, 1.82) is 0 Å². The maximum atomic E-state index is 12.0. The number of carbonyl (C=O) groups is 1. The number of nitrogens with two attached hydrogens (primary N) is 1. The normalized spacial score (nSPS) is 19.9. The molecular formula is C12H19N3OS2. The molecule has 100 valence electrons. The highest BCUT2D eigenvalue weighted by Crippen LogP contribution is 2.35. The summed E-state index contributed by atoms with van der Waals surface area (Å²) < 4.78 is 0. The van der Waals surface area contributed by atoms with E-state index in [-0.39, 0.29) is 5.91 Å². The standard InChI is InChI=1S/C12H19N3OS2/c1-8-7-15(4-5-17-8)10-6-9(13)11(18-10)12(16)14(2)3/h6,8H,4-5,7,13H2,1-3H3. The van der Waals surface area contributed by atoms with Crippen molar-refractivity contribution < 1.29 is 4.79 Å². The Balaban J connectivity index is 2.20. The van der Waals surface area contributed by atoms with E-state index in [1.165, 1.54) is 11.3 Å². The Labute approximate surface area is 116 Å². The van der Waals surface area contributed by atoms with Crippen molar-refractivity contribution in [3.63, 3.8) is 0 Å². The van der Waals surface area contributed by atoms with Crippen LogP contribution in [-0.2, 0) is 0 Å². The third-order valence-electron chi connectivity index (χ3n) is 2.90. The maximum Gasteiger partial charge on any atom is 0.265 e. The molecule has 1 amide bonds. The van der Waals surface area contributed by atoms with Gasteiger partial charge in [0.2, 0.25) is 0 Å². The molecule has 1 atom stereocenters. The summed E-state index contributed by atoms with van der Waals surface area (Å²) in [5.41, 5.74) is 6.55. The molecule has 1 unspecified atom stereocenters. The Morgan fingerprint density at radius 3 is 2.89 bits per heavy atom. The van der Waals surface area contributed by atoms with Gasteiger partial charge < -0.3 is 15.5 Å². The first-order valence-electron chi connectivity index (χ1n) is 5.96. The van der Waals surface area contributed by atoms with E-state index >= 15 is 0 Å². The third kappa shape index (κ3) is 2.75. The van der Waals surface area contributed by atoms with Crippen LogP contribution in [0.3, 0.4) is 0 Å². The van der Waals surface area contributed by atoms with Gasteiger partial charge in [-0.25, -0.2) is 0 Å². The molecule has 2 heterocycles. The summed E-state index contributed by atoms with van der Waals surface area (Å²) in [5.74, 6) is 1.12. The molecule has 0 saturated carbocycles. The number of thiophene rings is 1. The van der Waals surface area contributed by atoms with Gasteiger partial charge in [0.15, 0.2) is 0 Å². The van der Waals surface area contributed by atoms with Gasteiger partial charge in [0.1, 0.15) is 4.88 Å². The number of amides is 1. The maximum absolute atomic E-state index is 12.0. The zero-order chi connectivity index (χ0) is 13.3. The molecule has 0 aromatic carbocycles. The lowest BCUT2D eigenvalue weighted by Crippen LogP contribution is -2.36. The number of hydrogen-bond acceptors (Lipinski definition) is 5. The predicted octanol–water partition coefficient (Wildman–Crippen LogP) is 1.97. The van der Waals surface area contributed by atoms with Gasteiger partial charge in [0.05, 0.1) is 10.7 Å². The van der Waals surface area contributed by atoms with Crippen LogP contribution in [0.1, 0.15) is 16.6 Å². The third-order valence-corrected chi connectivity index (χ3v) is 5.24. The molecule has 6 heteroatoms. The van der Waals surface area contributed by atoms with Crippen LogP contribution in [0.2, 0.25) is 0 Å². The Morgan fingerprint density at radius 1 is 1.56 bits per heavy atom. The van der Waals surface area contributed by atoms with E-state index in [1.54, 1.807) is 19.0 Å². The van der Waals surface area contributed by atoms with Gasteiger partial charge in [0.25, 0.3) is 5.91 Å². The van der Waals surface area contributed by atoms with Crippen molar-refractivity contribution in [1.82, 2.24) is 4.90 Å². The lowest BCUT2D eigenvalue weighted by molar-refractivity contribution is 0.0833. The van der Waals surface area contributed by atoms with Crippen LogP contribution >= 0.6 is 23.1 Å². The second-order valence-electron chi connectivity index (χ2n) is 4.70. The largest absolute Gasteiger partial charge is 0.397 e. The van der Waals surface area contributed by atoms with Crippen molar-refractivity contribution in [2.45, 2.75) is 12.2 Å². The minimum Gasteiger partial charge on any atom is -0.397 e. The minimum atomic E-state index is -0.0109. The van der Waals surface area contributed by atoms with Crippen molar-refractivity contribution in [2.75, 3.05) is 43.6 Å². The molecular weight excluding hydrogens is 266 g/mol. The summed E-state index contributed by atoms with van der Waals surface area (Å²) in [4.78, 5) is 16.5. The van der Waals surface area contributed by atoms with E-state index < -0.39 is 0 Å². The summed E-state index contributed by atoms with van der Waals surface area (Å²) in [6, 6.07) is 1.93. The highest BCUT2D eigenvalue weighted by molar-refractivity contribution is 8.00. The van der Waals surface area contributed by atoms with Gasteiger partial charge in [-0.05, 0) is 6.07 Å². The molecule has 1 aliphatic rings. The summed E-state index contributed by atoms with van der Waals surface area (Å²) in [6.07, 6.45) is 0. The van der Waals surface area contributed by atoms with E-state index in [2.05, 4.69) is 11.8 Å². The summed E-state index contributed by atoms with van der Waals surface area (Å²) in [6.45, 7) is 4.30. The first-order chi connectivity index (χ1) is 8.49. The van der Waals surface area contributed by atoms with Crippen LogP contribution in [0.4, 0.5) is 10.7 Å². The molecule has 1 fully saturated rings. The number of nitrogens with zero attached hydrogens (tertiary/aromatic N) is 2. The highest BCUT2D eigenvalue weighted by Gasteiger charge is 2.22. The highest BCUT2D eigenvalue weighted by atomic mass is 32.2. The van der Waals surface area contributed by atoms with Gasteiger partial charge in [-0.15, -0.1) is 11.3 Å². The van der Waals surface area contributed by atoms with Crippen LogP contribution in [0.15, 0.2) is 6.07 Å². The number of thioether (sulfide) groups is 1. The Kier molecular flexibility index (Phi) is 4.07. The minimum absolute atomic E-state index is 0.0109. The second kappa shape index (κ2) is 5.40. The van der Waals surface area contributed by atoms with Crippen molar-refractivity contribution in [3.05, 3.63) is 10.9 Å². The fourth-order valence-electron chi connectivity index (χ4n) is 1.94. The SMILES string of the molecule is CC1CN(c2cc(N)c(C(=O)N(C)C)s2)CCS1. The molecule has 1 aliphatic heterocycles. The quantitative estimate of drug-likeness (QED) is 0.902. The van der Waals surface area contributed by atoms with E-state index in [1.807, 2.05) is 17.8 Å². The van der Waals surface area contributed by atoms with Crippen LogP contribution < -0.4 is 10.6 Å². The Hall–Kier alpha value is -0.880. The van der Waals surface area contributed by atoms with Crippen LogP contribution in [0.25, 0.3) is 0 Å².